The third kappa shape index (κ3) is 3.72. The monoisotopic (exact) mass is 361 g/mol. The highest BCUT2D eigenvalue weighted by Gasteiger charge is 2.20. The first-order valence-electron chi connectivity index (χ1n) is 9.35. The molecule has 1 N–H and O–H groups in total. The van der Waals surface area contributed by atoms with E-state index >= 15 is 0 Å². The molecule has 1 amide bonds. The number of hydrogen-bond donors (Lipinski definition) is 1. The van der Waals surface area contributed by atoms with Gasteiger partial charge in [-0.25, -0.2) is 4.98 Å². The molecule has 1 aromatic heterocycles. The molecule has 1 aliphatic heterocycles. The van der Waals surface area contributed by atoms with Gasteiger partial charge in [0.25, 0.3) is 5.91 Å². The zero-order valence-electron chi connectivity index (χ0n) is 15.4. The average molecular weight is 361 g/mol. The first kappa shape index (κ1) is 17.3. The van der Waals surface area contributed by atoms with E-state index in [2.05, 4.69) is 10.3 Å². The van der Waals surface area contributed by atoms with Crippen molar-refractivity contribution >= 4 is 28.2 Å². The SMILES string of the molecule is COc1cccc(Nc2cc(C(=O)N3CCCCC3)nc3ccccc23)c1. The van der Waals surface area contributed by atoms with E-state index in [0.717, 1.165) is 54.0 Å². The van der Waals surface area contributed by atoms with Crippen LogP contribution in [0.2, 0.25) is 0 Å². The molecule has 27 heavy (non-hydrogen) atoms. The average Bonchev–Trinajstić information content (AvgIpc) is 2.74. The van der Waals surface area contributed by atoms with Crippen molar-refractivity contribution in [1.82, 2.24) is 9.88 Å². The van der Waals surface area contributed by atoms with Gasteiger partial charge < -0.3 is 15.0 Å². The molecule has 0 saturated carbocycles. The van der Waals surface area contributed by atoms with E-state index in [1.54, 1.807) is 7.11 Å². The van der Waals surface area contributed by atoms with Gasteiger partial charge in [0.05, 0.1) is 18.3 Å². The number of nitrogens with zero attached hydrogens (tertiary/aromatic N) is 2. The first-order valence-corrected chi connectivity index (χ1v) is 9.35. The number of benzene rings is 2. The second-order valence-corrected chi connectivity index (χ2v) is 6.78. The van der Waals surface area contributed by atoms with E-state index in [4.69, 9.17) is 4.74 Å². The number of piperidine rings is 1. The van der Waals surface area contributed by atoms with Crippen molar-refractivity contribution < 1.29 is 9.53 Å². The summed E-state index contributed by atoms with van der Waals surface area (Å²) < 4.78 is 5.31. The molecule has 5 heteroatoms. The number of pyridine rings is 1. The molecule has 4 rings (SSSR count). The summed E-state index contributed by atoms with van der Waals surface area (Å²) in [6, 6.07) is 17.5. The highest BCUT2D eigenvalue weighted by Crippen LogP contribution is 2.28. The summed E-state index contributed by atoms with van der Waals surface area (Å²) in [7, 11) is 1.65. The second kappa shape index (κ2) is 7.66. The largest absolute Gasteiger partial charge is 0.497 e. The van der Waals surface area contributed by atoms with E-state index < -0.39 is 0 Å². The number of aromatic nitrogens is 1. The third-order valence-electron chi connectivity index (χ3n) is 4.93. The van der Waals surface area contributed by atoms with Crippen LogP contribution in [0.4, 0.5) is 11.4 Å². The van der Waals surface area contributed by atoms with E-state index in [1.165, 1.54) is 6.42 Å². The van der Waals surface area contributed by atoms with Crippen molar-refractivity contribution in [3.05, 3.63) is 60.3 Å². The quantitative estimate of drug-likeness (QED) is 0.737. The zero-order chi connectivity index (χ0) is 18.6. The van der Waals surface area contributed by atoms with Crippen molar-refractivity contribution in [1.29, 1.82) is 0 Å². The maximum Gasteiger partial charge on any atom is 0.272 e. The molecule has 0 spiro atoms. The minimum Gasteiger partial charge on any atom is -0.497 e. The number of carbonyl (C=O) groups excluding carboxylic acids is 1. The fourth-order valence-corrected chi connectivity index (χ4v) is 3.50. The molecule has 0 radical (unpaired) electrons. The summed E-state index contributed by atoms with van der Waals surface area (Å²) in [5, 5.41) is 4.41. The topological polar surface area (TPSA) is 54.5 Å². The van der Waals surface area contributed by atoms with Crippen LogP contribution in [0.15, 0.2) is 54.6 Å². The number of nitrogens with one attached hydrogen (secondary N) is 1. The van der Waals surface area contributed by atoms with E-state index in [0.29, 0.717) is 5.69 Å². The maximum absolute atomic E-state index is 13.0. The first-order chi connectivity index (χ1) is 13.2. The number of para-hydroxylation sites is 1. The van der Waals surface area contributed by atoms with Gasteiger partial charge >= 0.3 is 0 Å². The van der Waals surface area contributed by atoms with Gasteiger partial charge in [-0.1, -0.05) is 24.3 Å². The molecule has 0 bridgehead atoms. The highest BCUT2D eigenvalue weighted by molar-refractivity contribution is 6.00. The Morgan fingerprint density at radius 1 is 1.04 bits per heavy atom. The smallest absolute Gasteiger partial charge is 0.272 e. The fourth-order valence-electron chi connectivity index (χ4n) is 3.50. The standard InChI is InChI=1S/C22H23N3O2/c1-27-17-9-7-8-16(14-17)23-20-15-21(22(26)25-12-5-2-6-13-25)24-19-11-4-3-10-18(19)20/h3-4,7-11,14-15H,2,5-6,12-13H2,1H3,(H,23,24). The second-order valence-electron chi connectivity index (χ2n) is 6.78. The number of anilines is 2. The van der Waals surface area contributed by atoms with Gasteiger partial charge in [-0.3, -0.25) is 4.79 Å². The van der Waals surface area contributed by atoms with Crippen LogP contribution < -0.4 is 10.1 Å². The van der Waals surface area contributed by atoms with Gasteiger partial charge in [-0.05, 0) is 43.5 Å². The van der Waals surface area contributed by atoms with Crippen LogP contribution in [-0.2, 0) is 0 Å². The van der Waals surface area contributed by atoms with E-state index in [9.17, 15) is 4.79 Å². The Bertz CT molecular complexity index is 965. The van der Waals surface area contributed by atoms with Crippen LogP contribution in [0.3, 0.4) is 0 Å². The summed E-state index contributed by atoms with van der Waals surface area (Å²) in [5.74, 6) is 0.789. The van der Waals surface area contributed by atoms with Crippen molar-refractivity contribution in [3.63, 3.8) is 0 Å². The number of ether oxygens (including phenoxy) is 1. The molecule has 3 aromatic rings. The Morgan fingerprint density at radius 2 is 1.85 bits per heavy atom. The van der Waals surface area contributed by atoms with Crippen LogP contribution >= 0.6 is 0 Å². The van der Waals surface area contributed by atoms with Gasteiger partial charge in [0.1, 0.15) is 11.4 Å². The molecule has 1 saturated heterocycles. The third-order valence-corrected chi connectivity index (χ3v) is 4.93. The molecule has 2 aromatic carbocycles. The Morgan fingerprint density at radius 3 is 2.67 bits per heavy atom. The summed E-state index contributed by atoms with van der Waals surface area (Å²) in [6.45, 7) is 1.62. The molecular formula is C22H23N3O2. The molecule has 0 atom stereocenters. The van der Waals surface area contributed by atoms with Crippen LogP contribution in [-0.4, -0.2) is 36.0 Å². The van der Waals surface area contributed by atoms with Gasteiger partial charge in [-0.2, -0.15) is 0 Å². The van der Waals surface area contributed by atoms with Crippen molar-refractivity contribution in [2.24, 2.45) is 0 Å². The lowest BCUT2D eigenvalue weighted by atomic mass is 10.1. The molecule has 138 valence electrons. The van der Waals surface area contributed by atoms with Crippen LogP contribution in [0.5, 0.6) is 5.75 Å². The van der Waals surface area contributed by atoms with E-state index in [-0.39, 0.29) is 5.91 Å². The van der Waals surface area contributed by atoms with Gasteiger partial charge in [0, 0.05) is 30.2 Å². The van der Waals surface area contributed by atoms with Gasteiger partial charge in [0.2, 0.25) is 0 Å². The number of likely N-dealkylation sites (tertiary alicyclic amines) is 1. The number of fused-ring (bicyclic) bond motifs is 1. The number of methoxy groups -OCH3 is 1. The van der Waals surface area contributed by atoms with E-state index in [1.807, 2.05) is 59.5 Å². The summed E-state index contributed by atoms with van der Waals surface area (Å²) in [4.78, 5) is 19.5. The predicted octanol–water partition coefficient (Wildman–Crippen LogP) is 4.61. The Labute approximate surface area is 159 Å². The normalized spacial score (nSPS) is 14.2. The van der Waals surface area contributed by atoms with Gasteiger partial charge in [0.15, 0.2) is 0 Å². The van der Waals surface area contributed by atoms with Crippen molar-refractivity contribution in [3.8, 4) is 5.75 Å². The minimum absolute atomic E-state index is 0.00847. The summed E-state index contributed by atoms with van der Waals surface area (Å²) in [6.07, 6.45) is 3.32. The predicted molar refractivity (Wildman–Crippen MR) is 108 cm³/mol. The van der Waals surface area contributed by atoms with Crippen molar-refractivity contribution in [2.75, 3.05) is 25.5 Å². The maximum atomic E-state index is 13.0. The lowest BCUT2D eigenvalue weighted by molar-refractivity contribution is 0.0719. The van der Waals surface area contributed by atoms with Gasteiger partial charge in [-0.15, -0.1) is 0 Å². The number of rotatable bonds is 4. The Balaban J connectivity index is 1.73. The van der Waals surface area contributed by atoms with Crippen LogP contribution in [0, 0.1) is 0 Å². The summed E-state index contributed by atoms with van der Waals surface area (Å²) in [5.41, 5.74) is 3.07. The minimum atomic E-state index is 0.00847. The molecule has 0 unspecified atom stereocenters. The zero-order valence-corrected chi connectivity index (χ0v) is 15.4. The van der Waals surface area contributed by atoms with Crippen LogP contribution in [0.25, 0.3) is 10.9 Å². The molecular weight excluding hydrogens is 338 g/mol. The molecule has 1 aliphatic rings. The molecule has 1 fully saturated rings. The number of amides is 1. The van der Waals surface area contributed by atoms with Crippen molar-refractivity contribution in [2.45, 2.75) is 19.3 Å². The Kier molecular flexibility index (Phi) is 4.92. The van der Waals surface area contributed by atoms with Crippen LogP contribution in [0.1, 0.15) is 29.8 Å². The molecule has 2 heterocycles. The molecule has 5 nitrogen and oxygen atoms in total. The molecule has 0 aliphatic carbocycles. The lowest BCUT2D eigenvalue weighted by Gasteiger charge is -2.26. The Hall–Kier alpha value is -3.08. The fraction of sp³-hybridized carbons (Fsp3) is 0.273. The highest BCUT2D eigenvalue weighted by atomic mass is 16.5. The summed E-state index contributed by atoms with van der Waals surface area (Å²) >= 11 is 0. The lowest BCUT2D eigenvalue weighted by Crippen LogP contribution is -2.36. The number of hydrogen-bond acceptors (Lipinski definition) is 4. The number of carbonyl (C=O) groups is 1.